The van der Waals surface area contributed by atoms with Crippen LogP contribution in [-0.2, 0) is 0 Å². The van der Waals surface area contributed by atoms with E-state index < -0.39 is 6.17 Å². The number of alkyl halides is 1. The van der Waals surface area contributed by atoms with E-state index in [9.17, 15) is 14.0 Å². The topological polar surface area (TPSA) is 177 Å². The van der Waals surface area contributed by atoms with Gasteiger partial charge in [0.2, 0.25) is 0 Å². The maximum absolute atomic E-state index is 14.7. The van der Waals surface area contributed by atoms with E-state index in [-0.39, 0.29) is 17.6 Å². The monoisotopic (exact) mass is 789 g/mol. The van der Waals surface area contributed by atoms with Gasteiger partial charge in [-0.05, 0) is 82.3 Å². The van der Waals surface area contributed by atoms with Gasteiger partial charge in [-0.1, -0.05) is 0 Å². The van der Waals surface area contributed by atoms with Crippen LogP contribution in [0.3, 0.4) is 0 Å². The van der Waals surface area contributed by atoms with Gasteiger partial charge in [-0.25, -0.2) is 37.7 Å². The van der Waals surface area contributed by atoms with Crippen LogP contribution in [0.1, 0.15) is 73.7 Å². The molecule has 300 valence electrons. The number of piperidine rings is 2. The number of halogens is 2. The molecule has 2 saturated heterocycles. The van der Waals surface area contributed by atoms with Crippen molar-refractivity contribution in [1.82, 2.24) is 49.8 Å². The summed E-state index contributed by atoms with van der Waals surface area (Å²) < 4.78 is 43.3. The molecule has 17 heteroatoms. The number of imidazole rings is 2. The first-order valence-electron chi connectivity index (χ1n) is 19.9. The second-order valence-corrected chi connectivity index (χ2v) is 15.2. The van der Waals surface area contributed by atoms with Gasteiger partial charge in [-0.2, -0.15) is 15.5 Å². The highest BCUT2D eigenvalue weighted by atomic mass is 19.1. The maximum Gasteiger partial charge on any atom is 0.157 e. The van der Waals surface area contributed by atoms with Crippen LogP contribution >= 0.6 is 0 Å². The van der Waals surface area contributed by atoms with Crippen molar-refractivity contribution in [3.05, 3.63) is 71.6 Å². The van der Waals surface area contributed by atoms with E-state index in [0.29, 0.717) is 83.0 Å². The molecule has 0 aromatic carbocycles. The average Bonchev–Trinajstić information content (AvgIpc) is 4.20. The fraction of sp³-hybridized carbons (Fsp3) is 0.439. The summed E-state index contributed by atoms with van der Waals surface area (Å²) in [5.74, 6) is 3.04. The average molecular weight is 790 g/mol. The number of hydrogen-bond acceptors (Lipinski definition) is 13. The van der Waals surface area contributed by atoms with Crippen molar-refractivity contribution in [2.75, 3.05) is 51.0 Å². The molecule has 2 saturated carbocycles. The lowest BCUT2D eigenvalue weighted by atomic mass is 10.1. The van der Waals surface area contributed by atoms with Crippen molar-refractivity contribution >= 4 is 22.9 Å². The van der Waals surface area contributed by atoms with E-state index in [1.807, 2.05) is 12.1 Å². The van der Waals surface area contributed by atoms with Crippen molar-refractivity contribution in [2.24, 2.45) is 0 Å². The van der Waals surface area contributed by atoms with Crippen molar-refractivity contribution in [2.45, 2.75) is 75.0 Å². The lowest BCUT2D eigenvalue weighted by molar-refractivity contribution is 0.241. The number of nitrogens with one attached hydrogen (secondary N) is 4. The molecule has 2 aliphatic carbocycles. The first-order valence-corrected chi connectivity index (χ1v) is 19.9. The predicted octanol–water partition coefficient (Wildman–Crippen LogP) is 5.64. The fourth-order valence-corrected chi connectivity index (χ4v) is 7.62. The Balaban J connectivity index is 0.000000151. The molecule has 10 rings (SSSR count). The lowest BCUT2D eigenvalue weighted by Crippen LogP contribution is -2.46. The fourth-order valence-electron chi connectivity index (χ4n) is 7.62. The second kappa shape index (κ2) is 16.1. The van der Waals surface area contributed by atoms with Gasteiger partial charge in [0.25, 0.3) is 0 Å². The lowest BCUT2D eigenvalue weighted by Gasteiger charge is -2.28. The van der Waals surface area contributed by atoms with Crippen LogP contribution in [0.4, 0.5) is 20.4 Å². The summed E-state index contributed by atoms with van der Waals surface area (Å²) in [6.45, 7) is 3.13. The van der Waals surface area contributed by atoms with Crippen LogP contribution in [0.15, 0.2) is 48.8 Å². The van der Waals surface area contributed by atoms with Crippen LogP contribution < -0.4 is 30.7 Å². The van der Waals surface area contributed by atoms with Crippen LogP contribution in [-0.4, -0.2) is 97.8 Å². The largest absolute Gasteiger partial charge is 0.495 e. The molecule has 58 heavy (non-hydrogen) atoms. The Kier molecular flexibility index (Phi) is 10.4. The number of anilines is 2. The summed E-state index contributed by atoms with van der Waals surface area (Å²) >= 11 is 0. The van der Waals surface area contributed by atoms with Crippen LogP contribution in [0, 0.1) is 17.1 Å². The summed E-state index contributed by atoms with van der Waals surface area (Å²) in [6, 6.07) is 12.4. The van der Waals surface area contributed by atoms with Gasteiger partial charge >= 0.3 is 0 Å². The Morgan fingerprint density at radius 2 is 1.36 bits per heavy atom. The number of fused-ring (bicyclic) bond motifs is 2. The van der Waals surface area contributed by atoms with Gasteiger partial charge in [0.05, 0.1) is 38.2 Å². The van der Waals surface area contributed by atoms with Gasteiger partial charge in [-0.3, -0.25) is 0 Å². The Morgan fingerprint density at radius 3 is 1.95 bits per heavy atom. The zero-order valence-corrected chi connectivity index (χ0v) is 32.4. The molecule has 6 aromatic rings. The molecule has 2 aliphatic heterocycles. The number of rotatable bonds is 10. The van der Waals surface area contributed by atoms with Crippen LogP contribution in [0.5, 0.6) is 11.5 Å². The summed E-state index contributed by atoms with van der Waals surface area (Å²) in [5.41, 5.74) is 5.32. The highest BCUT2D eigenvalue weighted by molar-refractivity contribution is 5.69. The molecule has 15 nitrogen and oxygen atoms in total. The maximum atomic E-state index is 14.7. The molecule has 0 radical (unpaired) electrons. The molecular formula is C41H45F2N13O2. The van der Waals surface area contributed by atoms with Crippen molar-refractivity contribution < 1.29 is 18.3 Å². The van der Waals surface area contributed by atoms with Crippen molar-refractivity contribution in [3.63, 3.8) is 0 Å². The first kappa shape index (κ1) is 37.6. The van der Waals surface area contributed by atoms with Gasteiger partial charge < -0.3 is 30.7 Å². The minimum Gasteiger partial charge on any atom is -0.495 e. The van der Waals surface area contributed by atoms with E-state index >= 15 is 0 Å². The smallest absolute Gasteiger partial charge is 0.157 e. The summed E-state index contributed by atoms with van der Waals surface area (Å²) in [7, 11) is 3.27. The summed E-state index contributed by atoms with van der Waals surface area (Å²) in [4.78, 5) is 18.0. The first-order chi connectivity index (χ1) is 28.4. The Morgan fingerprint density at radius 1 is 0.759 bits per heavy atom. The van der Waals surface area contributed by atoms with Crippen LogP contribution in [0.2, 0.25) is 0 Å². The summed E-state index contributed by atoms with van der Waals surface area (Å²) in [5, 5.41) is 32.2. The molecule has 3 atom stereocenters. The van der Waals surface area contributed by atoms with E-state index in [1.165, 1.54) is 6.07 Å². The van der Waals surface area contributed by atoms with Gasteiger partial charge in [0.15, 0.2) is 17.1 Å². The number of aromatic nitrogens is 8. The minimum atomic E-state index is -0.946. The van der Waals surface area contributed by atoms with Gasteiger partial charge in [-0.15, -0.1) is 0 Å². The molecule has 0 spiro atoms. The van der Waals surface area contributed by atoms with E-state index in [2.05, 4.69) is 47.3 Å². The Hall–Kier alpha value is -5.99. The number of methoxy groups -OCH3 is 2. The van der Waals surface area contributed by atoms with Crippen molar-refractivity contribution in [3.8, 4) is 40.3 Å². The van der Waals surface area contributed by atoms with Crippen molar-refractivity contribution in [1.29, 1.82) is 5.26 Å². The molecule has 8 heterocycles. The molecule has 4 N–H and O–H groups in total. The molecular weight excluding hydrogens is 745 g/mol. The molecule has 0 amide bonds. The summed E-state index contributed by atoms with van der Waals surface area (Å²) in [6.07, 6.45) is 9.35. The molecule has 4 aliphatic rings. The normalized spacial score (nSPS) is 20.6. The molecule has 6 aromatic heterocycles. The SMILES string of the molecule is COc1cc2ncc(-c3nc(NC4CCCNC4)ccc3F)n2nc1C1CC1.COc1cc2ncc(-c3nc(NC4CNCCC4F)ccc3C#N)n2nc1C1CC1. The Labute approximate surface area is 333 Å². The highest BCUT2D eigenvalue weighted by Crippen LogP contribution is 2.44. The number of ether oxygens (including phenoxy) is 2. The highest BCUT2D eigenvalue weighted by Gasteiger charge is 2.32. The Bertz CT molecular complexity index is 2490. The molecule has 3 unspecified atom stereocenters. The second-order valence-electron chi connectivity index (χ2n) is 15.2. The number of hydrogen-bond donors (Lipinski definition) is 4. The third-order valence-corrected chi connectivity index (χ3v) is 11.1. The van der Waals surface area contributed by atoms with E-state index in [4.69, 9.17) is 19.7 Å². The zero-order chi connectivity index (χ0) is 39.8. The van der Waals surface area contributed by atoms with Gasteiger partial charge in [0, 0.05) is 43.1 Å². The number of nitrogens with zero attached hydrogens (tertiary/aromatic N) is 9. The predicted molar refractivity (Wildman–Crippen MR) is 213 cm³/mol. The number of pyridine rings is 2. The molecule has 4 fully saturated rings. The minimum absolute atomic E-state index is 0.251. The molecule has 0 bridgehead atoms. The van der Waals surface area contributed by atoms with E-state index in [1.54, 1.807) is 53.8 Å². The zero-order valence-electron chi connectivity index (χ0n) is 32.4. The van der Waals surface area contributed by atoms with E-state index in [0.717, 1.165) is 74.5 Å². The quantitative estimate of drug-likeness (QED) is 0.134. The van der Waals surface area contributed by atoms with Crippen LogP contribution in [0.25, 0.3) is 34.1 Å². The third kappa shape index (κ3) is 7.69. The van der Waals surface area contributed by atoms with Gasteiger partial charge in [0.1, 0.15) is 69.5 Å². The third-order valence-electron chi connectivity index (χ3n) is 11.1. The number of nitriles is 1. The standard InChI is InChI=1S/C21H22FN7O.C20H23FN6O/c1-30-17-8-19-25-11-16(29(19)28-21(17)12-2-3-12)20-13(9-23)4-5-18(27-20)26-15-10-24-7-6-14(15)22;1-28-16-9-18-23-11-15(27(18)26-19(16)12-4-5-12)20-14(21)6-7-17(25-20)24-13-3-2-8-22-10-13/h4-5,8,11-12,14-15,24H,2-3,6-7,10H2,1H3,(H,26,27);6-7,9,11-13,22H,2-5,8,10H2,1H3,(H,24,25).